The Balaban J connectivity index is 0.00000300. The maximum absolute atomic E-state index is 12.3. The van der Waals surface area contributed by atoms with Crippen molar-refractivity contribution in [3.8, 4) is 0 Å². The van der Waals surface area contributed by atoms with E-state index in [-0.39, 0.29) is 36.4 Å². The van der Waals surface area contributed by atoms with Crippen molar-refractivity contribution in [2.45, 2.75) is 64.5 Å². The van der Waals surface area contributed by atoms with Crippen molar-refractivity contribution in [3.63, 3.8) is 0 Å². The van der Waals surface area contributed by atoms with Crippen molar-refractivity contribution in [1.82, 2.24) is 15.5 Å². The van der Waals surface area contributed by atoms with Gasteiger partial charge in [0.1, 0.15) is 6.54 Å². The monoisotopic (exact) mass is 513 g/mol. The van der Waals surface area contributed by atoms with Gasteiger partial charge in [-0.05, 0) is 50.3 Å². The first-order valence-electron chi connectivity index (χ1n) is 10.9. The molecule has 2 aliphatic rings. The van der Waals surface area contributed by atoms with Gasteiger partial charge in [0.15, 0.2) is 5.96 Å². The predicted octanol–water partition coefficient (Wildman–Crippen LogP) is 3.38. The Morgan fingerprint density at radius 1 is 1.21 bits per heavy atom. The fraction of sp³-hybridized carbons (Fsp3) is 0.636. The molecule has 1 atom stereocenters. The molecule has 3 N–H and O–H groups in total. The summed E-state index contributed by atoms with van der Waals surface area (Å²) in [5, 5.41) is 9.74. The van der Waals surface area contributed by atoms with Crippen molar-refractivity contribution in [2.24, 2.45) is 4.99 Å². The van der Waals surface area contributed by atoms with Gasteiger partial charge in [-0.2, -0.15) is 0 Å². The molecular weight excluding hydrogens is 477 g/mol. The van der Waals surface area contributed by atoms with Crippen LogP contribution in [0.4, 0.5) is 5.69 Å². The second kappa shape index (κ2) is 12.4. The van der Waals surface area contributed by atoms with Crippen molar-refractivity contribution < 1.29 is 4.79 Å². The highest BCUT2D eigenvalue weighted by molar-refractivity contribution is 14.0. The van der Waals surface area contributed by atoms with E-state index in [1.165, 1.54) is 31.2 Å². The lowest BCUT2D eigenvalue weighted by Crippen LogP contribution is -2.45. The van der Waals surface area contributed by atoms with Crippen LogP contribution in [-0.2, 0) is 11.2 Å². The highest BCUT2D eigenvalue weighted by Crippen LogP contribution is 2.26. The number of carbonyl (C=O) groups is 1. The zero-order valence-electron chi connectivity index (χ0n) is 17.7. The van der Waals surface area contributed by atoms with Crippen molar-refractivity contribution in [1.29, 1.82) is 0 Å². The molecule has 1 amide bonds. The number of anilines is 1. The summed E-state index contributed by atoms with van der Waals surface area (Å²) in [6, 6.07) is 9.15. The Kier molecular flexibility index (Phi) is 10.2. The number of halogens is 1. The van der Waals surface area contributed by atoms with Crippen LogP contribution in [0, 0.1) is 0 Å². The number of benzene rings is 1. The lowest BCUT2D eigenvalue weighted by atomic mass is 10.1. The van der Waals surface area contributed by atoms with E-state index in [2.05, 4.69) is 38.8 Å². The molecule has 0 radical (unpaired) electrons. The maximum Gasteiger partial charge on any atom is 0.246 e. The Morgan fingerprint density at radius 3 is 2.72 bits per heavy atom. The lowest BCUT2D eigenvalue weighted by molar-refractivity contribution is -0.114. The lowest BCUT2D eigenvalue weighted by Gasteiger charge is -2.24. The van der Waals surface area contributed by atoms with E-state index in [1.807, 2.05) is 25.1 Å². The molecule has 1 aromatic rings. The second-order valence-corrected chi connectivity index (χ2v) is 7.86. The van der Waals surface area contributed by atoms with Gasteiger partial charge < -0.3 is 16.0 Å². The molecule has 1 saturated carbocycles. The fourth-order valence-electron chi connectivity index (χ4n) is 4.24. The summed E-state index contributed by atoms with van der Waals surface area (Å²) in [5.41, 5.74) is 2.05. The molecule has 1 saturated heterocycles. The SMILES string of the molecule is CCNC(=NCC(=O)Nc1cccc(CC)c1)NC1CCN(C2CCCC2)C1.I. The van der Waals surface area contributed by atoms with Gasteiger partial charge in [-0.15, -0.1) is 24.0 Å². The molecule has 1 heterocycles. The van der Waals surface area contributed by atoms with E-state index in [0.717, 1.165) is 50.2 Å². The largest absolute Gasteiger partial charge is 0.357 e. The van der Waals surface area contributed by atoms with E-state index in [0.29, 0.717) is 6.04 Å². The number of likely N-dealkylation sites (tertiary alicyclic amines) is 1. The first kappa shape index (κ1) is 23.9. The van der Waals surface area contributed by atoms with Crippen LogP contribution in [0.2, 0.25) is 0 Å². The van der Waals surface area contributed by atoms with Gasteiger partial charge in [-0.3, -0.25) is 9.69 Å². The van der Waals surface area contributed by atoms with E-state index < -0.39 is 0 Å². The van der Waals surface area contributed by atoms with Gasteiger partial charge >= 0.3 is 0 Å². The smallest absolute Gasteiger partial charge is 0.246 e. The predicted molar refractivity (Wildman–Crippen MR) is 131 cm³/mol. The highest BCUT2D eigenvalue weighted by atomic mass is 127. The normalized spacial score (nSPS) is 20.3. The van der Waals surface area contributed by atoms with Crippen LogP contribution in [0.15, 0.2) is 29.3 Å². The van der Waals surface area contributed by atoms with Gasteiger partial charge in [0.05, 0.1) is 0 Å². The van der Waals surface area contributed by atoms with E-state index in [9.17, 15) is 4.79 Å². The molecule has 3 rings (SSSR count). The van der Waals surface area contributed by atoms with Gasteiger partial charge in [-0.25, -0.2) is 4.99 Å². The average molecular weight is 513 g/mol. The van der Waals surface area contributed by atoms with E-state index in [1.54, 1.807) is 0 Å². The quantitative estimate of drug-likeness (QED) is 0.297. The van der Waals surface area contributed by atoms with Crippen molar-refractivity contribution in [2.75, 3.05) is 31.5 Å². The number of aliphatic imine (C=N–C) groups is 1. The highest BCUT2D eigenvalue weighted by Gasteiger charge is 2.30. The number of rotatable bonds is 7. The third-order valence-corrected chi connectivity index (χ3v) is 5.75. The number of hydrogen-bond donors (Lipinski definition) is 3. The molecule has 1 aromatic carbocycles. The summed E-state index contributed by atoms with van der Waals surface area (Å²) >= 11 is 0. The van der Waals surface area contributed by atoms with Crippen LogP contribution in [-0.4, -0.2) is 55.0 Å². The molecule has 1 aliphatic heterocycles. The van der Waals surface area contributed by atoms with Crippen LogP contribution in [0.5, 0.6) is 0 Å². The number of carbonyl (C=O) groups excluding carboxylic acids is 1. The molecule has 6 nitrogen and oxygen atoms in total. The van der Waals surface area contributed by atoms with Crippen molar-refractivity contribution in [3.05, 3.63) is 29.8 Å². The standard InChI is InChI=1S/C22H35N5O.HI/c1-3-17-8-7-9-18(14-17)25-21(28)15-24-22(23-4-2)26-19-12-13-27(16-19)20-10-5-6-11-20;/h7-9,14,19-20H,3-6,10-13,15-16H2,1-2H3,(H,25,28)(H2,23,24,26);1H. The van der Waals surface area contributed by atoms with Gasteiger partial charge in [0.2, 0.25) is 5.91 Å². The minimum absolute atomic E-state index is 0. The van der Waals surface area contributed by atoms with E-state index >= 15 is 0 Å². The minimum atomic E-state index is -0.0931. The third-order valence-electron chi connectivity index (χ3n) is 5.75. The van der Waals surface area contributed by atoms with Crippen LogP contribution in [0.1, 0.15) is 51.5 Å². The number of aryl methyl sites for hydroxylation is 1. The van der Waals surface area contributed by atoms with Gasteiger partial charge in [0, 0.05) is 37.4 Å². The number of nitrogens with one attached hydrogen (secondary N) is 3. The van der Waals surface area contributed by atoms with E-state index in [4.69, 9.17) is 0 Å². The van der Waals surface area contributed by atoms with Crippen LogP contribution in [0.25, 0.3) is 0 Å². The Bertz CT molecular complexity index is 675. The molecule has 0 aromatic heterocycles. The van der Waals surface area contributed by atoms with Gasteiger partial charge in [0.25, 0.3) is 0 Å². The van der Waals surface area contributed by atoms with Gasteiger partial charge in [-0.1, -0.05) is 31.9 Å². The molecule has 1 aliphatic carbocycles. The maximum atomic E-state index is 12.3. The number of guanidine groups is 1. The summed E-state index contributed by atoms with van der Waals surface area (Å²) in [6.07, 6.45) is 7.53. The first-order chi connectivity index (χ1) is 13.7. The summed E-state index contributed by atoms with van der Waals surface area (Å²) < 4.78 is 0. The van der Waals surface area contributed by atoms with Crippen LogP contribution >= 0.6 is 24.0 Å². The summed E-state index contributed by atoms with van der Waals surface area (Å²) in [7, 11) is 0. The first-order valence-corrected chi connectivity index (χ1v) is 10.9. The molecule has 162 valence electrons. The molecular formula is C22H36IN5O. The van der Waals surface area contributed by atoms with Crippen LogP contribution < -0.4 is 16.0 Å². The zero-order chi connectivity index (χ0) is 19.8. The number of amides is 1. The third kappa shape index (κ3) is 7.44. The van der Waals surface area contributed by atoms with Crippen molar-refractivity contribution >= 4 is 41.5 Å². The summed E-state index contributed by atoms with van der Waals surface area (Å²) in [4.78, 5) is 19.4. The second-order valence-electron chi connectivity index (χ2n) is 7.86. The summed E-state index contributed by atoms with van der Waals surface area (Å²) in [5.74, 6) is 0.641. The molecule has 29 heavy (non-hydrogen) atoms. The minimum Gasteiger partial charge on any atom is -0.357 e. The average Bonchev–Trinajstić information content (AvgIpc) is 3.38. The summed E-state index contributed by atoms with van der Waals surface area (Å²) in [6.45, 7) is 7.29. The Labute approximate surface area is 192 Å². The number of nitrogens with zero attached hydrogens (tertiary/aromatic N) is 2. The molecule has 7 heteroatoms. The molecule has 0 spiro atoms. The Morgan fingerprint density at radius 2 is 2.00 bits per heavy atom. The molecule has 2 fully saturated rings. The molecule has 0 bridgehead atoms. The fourth-order valence-corrected chi connectivity index (χ4v) is 4.24. The number of hydrogen-bond acceptors (Lipinski definition) is 3. The Hall–Kier alpha value is -1.35. The zero-order valence-corrected chi connectivity index (χ0v) is 20.1. The molecule has 1 unspecified atom stereocenters. The van der Waals surface area contributed by atoms with Crippen LogP contribution in [0.3, 0.4) is 0 Å². The topological polar surface area (TPSA) is 68.8 Å².